The van der Waals surface area contributed by atoms with Gasteiger partial charge in [-0.1, -0.05) is 31.5 Å². The van der Waals surface area contributed by atoms with Crippen molar-refractivity contribution in [2.45, 2.75) is 32.2 Å². The first-order chi connectivity index (χ1) is 7.90. The SMILES string of the molecule is CCCC1CNCCC1Nc1ccccc1. The molecule has 1 aromatic rings. The standard InChI is InChI=1S/C14H22N2/c1-2-6-12-11-15-10-9-14(12)16-13-7-4-3-5-8-13/h3-5,7-8,12,14-16H,2,6,9-11H2,1H3. The molecular formula is C14H22N2. The number of benzene rings is 1. The molecule has 2 N–H and O–H groups in total. The van der Waals surface area contributed by atoms with Crippen LogP contribution >= 0.6 is 0 Å². The van der Waals surface area contributed by atoms with Gasteiger partial charge in [-0.3, -0.25) is 0 Å². The Bertz CT molecular complexity index is 295. The van der Waals surface area contributed by atoms with Gasteiger partial charge in [0.05, 0.1) is 0 Å². The highest BCUT2D eigenvalue weighted by Gasteiger charge is 2.23. The zero-order valence-electron chi connectivity index (χ0n) is 10.1. The third kappa shape index (κ3) is 2.99. The molecule has 2 heteroatoms. The molecule has 2 nitrogen and oxygen atoms in total. The number of anilines is 1. The molecule has 16 heavy (non-hydrogen) atoms. The van der Waals surface area contributed by atoms with E-state index in [0.29, 0.717) is 6.04 Å². The normalized spacial score (nSPS) is 25.3. The number of hydrogen-bond donors (Lipinski definition) is 2. The zero-order valence-corrected chi connectivity index (χ0v) is 10.1. The summed E-state index contributed by atoms with van der Waals surface area (Å²) in [5.41, 5.74) is 1.26. The smallest absolute Gasteiger partial charge is 0.0342 e. The molecule has 1 saturated heterocycles. The third-order valence-electron chi connectivity index (χ3n) is 3.39. The fraction of sp³-hybridized carbons (Fsp3) is 0.571. The van der Waals surface area contributed by atoms with Crippen molar-refractivity contribution in [3.05, 3.63) is 30.3 Å². The summed E-state index contributed by atoms with van der Waals surface area (Å²) in [5, 5.41) is 7.17. The molecule has 0 saturated carbocycles. The quantitative estimate of drug-likeness (QED) is 0.812. The number of para-hydroxylation sites is 1. The summed E-state index contributed by atoms with van der Waals surface area (Å²) in [6, 6.07) is 11.2. The number of hydrogen-bond acceptors (Lipinski definition) is 2. The molecule has 1 aromatic carbocycles. The molecule has 0 spiro atoms. The van der Waals surface area contributed by atoms with E-state index in [9.17, 15) is 0 Å². The monoisotopic (exact) mass is 218 g/mol. The van der Waals surface area contributed by atoms with Gasteiger partial charge in [0, 0.05) is 11.7 Å². The highest BCUT2D eigenvalue weighted by atomic mass is 15.0. The van der Waals surface area contributed by atoms with Crippen LogP contribution in [0.5, 0.6) is 0 Å². The molecule has 1 fully saturated rings. The van der Waals surface area contributed by atoms with Crippen LogP contribution in [0.4, 0.5) is 5.69 Å². The van der Waals surface area contributed by atoms with E-state index in [1.54, 1.807) is 0 Å². The largest absolute Gasteiger partial charge is 0.382 e. The minimum atomic E-state index is 0.642. The van der Waals surface area contributed by atoms with Crippen LogP contribution in [0.3, 0.4) is 0 Å². The van der Waals surface area contributed by atoms with Crippen LogP contribution in [-0.4, -0.2) is 19.1 Å². The van der Waals surface area contributed by atoms with Gasteiger partial charge in [0.25, 0.3) is 0 Å². The number of piperidine rings is 1. The fourth-order valence-corrected chi connectivity index (χ4v) is 2.54. The average molecular weight is 218 g/mol. The Hall–Kier alpha value is -1.02. The molecule has 1 aliphatic rings. The summed E-state index contributed by atoms with van der Waals surface area (Å²) in [4.78, 5) is 0. The molecule has 0 aromatic heterocycles. The Morgan fingerprint density at radius 1 is 1.31 bits per heavy atom. The van der Waals surface area contributed by atoms with E-state index in [4.69, 9.17) is 0 Å². The van der Waals surface area contributed by atoms with Crippen LogP contribution in [-0.2, 0) is 0 Å². The van der Waals surface area contributed by atoms with Gasteiger partial charge >= 0.3 is 0 Å². The molecule has 0 aliphatic carbocycles. The van der Waals surface area contributed by atoms with Crippen LogP contribution in [0.15, 0.2) is 30.3 Å². The Morgan fingerprint density at radius 2 is 2.12 bits per heavy atom. The van der Waals surface area contributed by atoms with Gasteiger partial charge in [0.2, 0.25) is 0 Å². The average Bonchev–Trinajstić information content (AvgIpc) is 2.33. The fourth-order valence-electron chi connectivity index (χ4n) is 2.54. The lowest BCUT2D eigenvalue weighted by molar-refractivity contribution is 0.324. The Kier molecular flexibility index (Phi) is 4.23. The summed E-state index contributed by atoms with van der Waals surface area (Å²) in [7, 11) is 0. The molecular weight excluding hydrogens is 196 g/mol. The summed E-state index contributed by atoms with van der Waals surface area (Å²) < 4.78 is 0. The molecule has 2 rings (SSSR count). The van der Waals surface area contributed by atoms with Crippen molar-refractivity contribution < 1.29 is 0 Å². The van der Waals surface area contributed by atoms with E-state index in [1.165, 1.54) is 31.5 Å². The summed E-state index contributed by atoms with van der Waals surface area (Å²) in [6.45, 7) is 4.58. The highest BCUT2D eigenvalue weighted by molar-refractivity contribution is 5.43. The minimum absolute atomic E-state index is 0.642. The lowest BCUT2D eigenvalue weighted by atomic mass is 9.89. The molecule has 0 amide bonds. The lowest BCUT2D eigenvalue weighted by Gasteiger charge is -2.33. The van der Waals surface area contributed by atoms with Crippen molar-refractivity contribution in [3.63, 3.8) is 0 Å². The second-order valence-corrected chi connectivity index (χ2v) is 4.66. The van der Waals surface area contributed by atoms with Crippen LogP contribution in [0, 0.1) is 5.92 Å². The third-order valence-corrected chi connectivity index (χ3v) is 3.39. The van der Waals surface area contributed by atoms with Crippen molar-refractivity contribution in [2.75, 3.05) is 18.4 Å². The molecule has 1 heterocycles. The van der Waals surface area contributed by atoms with E-state index < -0.39 is 0 Å². The van der Waals surface area contributed by atoms with Crippen LogP contribution in [0.1, 0.15) is 26.2 Å². The van der Waals surface area contributed by atoms with Crippen molar-refractivity contribution in [1.82, 2.24) is 5.32 Å². The maximum Gasteiger partial charge on any atom is 0.0342 e. The van der Waals surface area contributed by atoms with Gasteiger partial charge in [-0.2, -0.15) is 0 Å². The topological polar surface area (TPSA) is 24.1 Å². The van der Waals surface area contributed by atoms with Crippen LogP contribution < -0.4 is 10.6 Å². The van der Waals surface area contributed by atoms with Crippen LogP contribution in [0.2, 0.25) is 0 Å². The van der Waals surface area contributed by atoms with E-state index in [0.717, 1.165) is 12.5 Å². The van der Waals surface area contributed by atoms with Gasteiger partial charge in [0.1, 0.15) is 0 Å². The zero-order chi connectivity index (χ0) is 11.2. The first-order valence-electron chi connectivity index (χ1n) is 6.42. The molecule has 2 unspecified atom stereocenters. The Balaban J connectivity index is 1.96. The summed E-state index contributed by atoms with van der Waals surface area (Å²) >= 11 is 0. The minimum Gasteiger partial charge on any atom is -0.382 e. The van der Waals surface area contributed by atoms with Crippen molar-refractivity contribution >= 4 is 5.69 Å². The molecule has 0 radical (unpaired) electrons. The predicted octanol–water partition coefficient (Wildman–Crippen LogP) is 2.88. The van der Waals surface area contributed by atoms with Gasteiger partial charge in [-0.25, -0.2) is 0 Å². The number of rotatable bonds is 4. The summed E-state index contributed by atoms with van der Waals surface area (Å²) in [6.07, 6.45) is 3.83. The van der Waals surface area contributed by atoms with E-state index in [2.05, 4.69) is 47.9 Å². The number of nitrogens with one attached hydrogen (secondary N) is 2. The van der Waals surface area contributed by atoms with Gasteiger partial charge in [-0.15, -0.1) is 0 Å². The van der Waals surface area contributed by atoms with Gasteiger partial charge < -0.3 is 10.6 Å². The van der Waals surface area contributed by atoms with Crippen LogP contribution in [0.25, 0.3) is 0 Å². The van der Waals surface area contributed by atoms with E-state index in [1.807, 2.05) is 0 Å². The molecule has 2 atom stereocenters. The maximum atomic E-state index is 3.68. The second kappa shape index (κ2) is 5.90. The second-order valence-electron chi connectivity index (χ2n) is 4.66. The first kappa shape index (κ1) is 11.5. The predicted molar refractivity (Wildman–Crippen MR) is 69.7 cm³/mol. The molecule has 1 aliphatic heterocycles. The van der Waals surface area contributed by atoms with Crippen molar-refractivity contribution in [1.29, 1.82) is 0 Å². The van der Waals surface area contributed by atoms with Crippen molar-refractivity contribution in [2.24, 2.45) is 5.92 Å². The van der Waals surface area contributed by atoms with Gasteiger partial charge in [0.15, 0.2) is 0 Å². The first-order valence-corrected chi connectivity index (χ1v) is 6.42. The highest BCUT2D eigenvalue weighted by Crippen LogP contribution is 2.21. The van der Waals surface area contributed by atoms with Crippen molar-refractivity contribution in [3.8, 4) is 0 Å². The molecule has 0 bridgehead atoms. The summed E-state index contributed by atoms with van der Waals surface area (Å²) in [5.74, 6) is 0.777. The Labute approximate surface area is 98.4 Å². The Morgan fingerprint density at radius 3 is 2.88 bits per heavy atom. The van der Waals surface area contributed by atoms with E-state index >= 15 is 0 Å². The molecule has 88 valence electrons. The van der Waals surface area contributed by atoms with Gasteiger partial charge in [-0.05, 0) is 44.0 Å². The maximum absolute atomic E-state index is 3.68. The van der Waals surface area contributed by atoms with E-state index in [-0.39, 0.29) is 0 Å². The lowest BCUT2D eigenvalue weighted by Crippen LogP contribution is -2.43.